The van der Waals surface area contributed by atoms with E-state index in [1.807, 2.05) is 0 Å². The third kappa shape index (κ3) is 4.11. The predicted octanol–water partition coefficient (Wildman–Crippen LogP) is 6.31. The summed E-state index contributed by atoms with van der Waals surface area (Å²) in [7, 11) is -9.67. The van der Waals surface area contributed by atoms with Crippen molar-refractivity contribution in [2.75, 3.05) is 0 Å². The fourth-order valence-corrected chi connectivity index (χ4v) is 33.1. The Kier molecular flexibility index (Phi) is 5.76. The van der Waals surface area contributed by atoms with Crippen molar-refractivity contribution in [1.82, 2.24) is 0 Å². The highest BCUT2D eigenvalue weighted by Crippen LogP contribution is 2.65. The molecule has 9 rings (SSSR count). The van der Waals surface area contributed by atoms with Gasteiger partial charge in [0.05, 0.1) is 23.4 Å². The quantitative estimate of drug-likeness (QED) is 0.320. The van der Waals surface area contributed by atoms with Crippen LogP contribution in [0.4, 0.5) is 0 Å². The topological polar surface area (TPSA) is 55.4 Å². The summed E-state index contributed by atoms with van der Waals surface area (Å²) in [5.41, 5.74) is 0.468. The summed E-state index contributed by atoms with van der Waals surface area (Å²) in [6.07, 6.45) is 12.5. The first-order chi connectivity index (χ1) is 16.9. The van der Waals surface area contributed by atoms with Crippen LogP contribution in [0.3, 0.4) is 0 Å². The number of rotatable bonds is 8. The third-order valence-electron chi connectivity index (χ3n) is 11.1. The van der Waals surface area contributed by atoms with Gasteiger partial charge in [0, 0.05) is 12.8 Å². The summed E-state index contributed by atoms with van der Waals surface area (Å²) < 4.78 is 41.1. The monoisotopic (exact) mass is 568 g/mol. The van der Waals surface area contributed by atoms with Gasteiger partial charge in [-0.3, -0.25) is 0 Å². The second-order valence-corrected chi connectivity index (χ2v) is 29.1. The van der Waals surface area contributed by atoms with Gasteiger partial charge < -0.3 is 25.9 Å². The summed E-state index contributed by atoms with van der Waals surface area (Å²) in [5, 5.41) is 0. The molecule has 0 aromatic carbocycles. The SMILES string of the molecule is CCC[Si]1(C)O[Si](C)(CCC2CC34CC(O3)C2C4)O[Si](C)(C)O[Si](C)(CCC2CC3CC24CC3O4)O1. The molecule has 0 aromatic rings. The standard InChI is InChI=1S/C26H48O6Si4/c1-7-10-34(4)31-35(5,11-8-19-14-25-16-22(19)24(17-25)27-25)29-33(2,3)30-36(6,32-34)12-9-21-13-20-15-26(21)18-23(20)28-26/h19-24H,7-18H2,1-6H3. The van der Waals surface area contributed by atoms with Gasteiger partial charge in [0.1, 0.15) is 0 Å². The highest BCUT2D eigenvalue weighted by atomic mass is 28.5. The molecule has 9 aliphatic rings. The average molecular weight is 569 g/mol. The maximum atomic E-state index is 7.23. The lowest BCUT2D eigenvalue weighted by Crippen LogP contribution is -2.66. The zero-order chi connectivity index (χ0) is 25.2. The fraction of sp³-hybridized carbons (Fsp3) is 1.00. The van der Waals surface area contributed by atoms with Crippen LogP contribution in [0, 0.1) is 23.7 Å². The molecule has 11 atom stereocenters. The van der Waals surface area contributed by atoms with Gasteiger partial charge >= 0.3 is 34.2 Å². The van der Waals surface area contributed by atoms with Gasteiger partial charge in [-0.05, 0) is 113 Å². The van der Waals surface area contributed by atoms with Crippen LogP contribution in [0.2, 0.25) is 50.9 Å². The van der Waals surface area contributed by atoms with E-state index < -0.39 is 34.2 Å². The van der Waals surface area contributed by atoms with Crippen LogP contribution < -0.4 is 0 Å². The van der Waals surface area contributed by atoms with Gasteiger partial charge in [0.2, 0.25) is 0 Å². The second kappa shape index (κ2) is 8.10. The summed E-state index contributed by atoms with van der Waals surface area (Å²) in [6, 6.07) is 3.13. The predicted molar refractivity (Wildman–Crippen MR) is 147 cm³/mol. The Balaban J connectivity index is 1.05. The molecule has 0 radical (unpaired) electrons. The van der Waals surface area contributed by atoms with E-state index in [1.54, 1.807) is 0 Å². The van der Waals surface area contributed by atoms with Crippen molar-refractivity contribution < 1.29 is 25.9 Å². The molecule has 0 N–H and O–H groups in total. The number of hydrogen-bond acceptors (Lipinski definition) is 6. The van der Waals surface area contributed by atoms with E-state index in [0.29, 0.717) is 18.1 Å². The third-order valence-corrected chi connectivity index (χ3v) is 29.2. The van der Waals surface area contributed by atoms with Crippen molar-refractivity contribution in [2.45, 2.75) is 139 Å². The van der Waals surface area contributed by atoms with Gasteiger partial charge in [-0.2, -0.15) is 0 Å². The van der Waals surface area contributed by atoms with E-state index in [1.165, 1.54) is 51.4 Å². The Morgan fingerprint density at radius 2 is 1.33 bits per heavy atom. The highest BCUT2D eigenvalue weighted by molar-refractivity contribution is 6.93. The Hall–Kier alpha value is 0.628. The van der Waals surface area contributed by atoms with Gasteiger partial charge in [-0.25, -0.2) is 0 Å². The molecule has 6 nitrogen and oxygen atoms in total. The Bertz CT molecular complexity index is 909. The highest BCUT2D eigenvalue weighted by Gasteiger charge is 2.68. The molecule has 10 heteroatoms. The molecule has 11 unspecified atom stereocenters. The minimum Gasteiger partial charge on any atom is -0.416 e. The molecular weight excluding hydrogens is 521 g/mol. The van der Waals surface area contributed by atoms with E-state index >= 15 is 0 Å². The molecule has 9 fully saturated rings. The van der Waals surface area contributed by atoms with E-state index in [0.717, 1.165) is 42.3 Å². The molecule has 5 aliphatic heterocycles. The van der Waals surface area contributed by atoms with Crippen molar-refractivity contribution in [1.29, 1.82) is 0 Å². The molecule has 4 aliphatic carbocycles. The summed E-state index contributed by atoms with van der Waals surface area (Å²) >= 11 is 0. The first-order valence-electron chi connectivity index (χ1n) is 15.0. The molecule has 0 aromatic heterocycles. The van der Waals surface area contributed by atoms with Gasteiger partial charge in [-0.15, -0.1) is 0 Å². The van der Waals surface area contributed by atoms with Crippen LogP contribution in [0.5, 0.6) is 0 Å². The zero-order valence-corrected chi connectivity index (χ0v) is 27.4. The van der Waals surface area contributed by atoms with Crippen LogP contribution in [-0.2, 0) is 25.9 Å². The lowest BCUT2D eigenvalue weighted by atomic mass is 9.77. The van der Waals surface area contributed by atoms with E-state index in [4.69, 9.17) is 25.9 Å². The Morgan fingerprint density at radius 1 is 0.694 bits per heavy atom. The number of ether oxygens (including phenoxy) is 2. The summed E-state index contributed by atoms with van der Waals surface area (Å²) in [6.45, 7) is 13.7. The average Bonchev–Trinajstić information content (AvgIpc) is 3.51. The molecule has 5 heterocycles. The van der Waals surface area contributed by atoms with Crippen LogP contribution in [-0.4, -0.2) is 57.7 Å². The fourth-order valence-electron chi connectivity index (χ4n) is 10.1. The largest absolute Gasteiger partial charge is 0.416 e. The van der Waals surface area contributed by atoms with Crippen LogP contribution >= 0.6 is 0 Å². The molecule has 6 bridgehead atoms. The summed E-state index contributed by atoms with van der Waals surface area (Å²) in [5.74, 6) is 3.08. The van der Waals surface area contributed by atoms with Crippen molar-refractivity contribution >= 4 is 34.2 Å². The van der Waals surface area contributed by atoms with Crippen LogP contribution in [0.25, 0.3) is 0 Å². The maximum absolute atomic E-state index is 7.23. The van der Waals surface area contributed by atoms with Crippen molar-refractivity contribution in [3.8, 4) is 0 Å². The molecule has 2 spiro atoms. The Labute approximate surface area is 222 Å². The van der Waals surface area contributed by atoms with E-state index in [-0.39, 0.29) is 11.2 Å². The van der Waals surface area contributed by atoms with E-state index in [2.05, 4.69) is 39.7 Å². The zero-order valence-electron chi connectivity index (χ0n) is 23.4. The Morgan fingerprint density at radius 3 is 1.83 bits per heavy atom. The number of hydrogen-bond donors (Lipinski definition) is 0. The van der Waals surface area contributed by atoms with Crippen molar-refractivity contribution in [3.63, 3.8) is 0 Å². The smallest absolute Gasteiger partial charge is 0.317 e. The lowest BCUT2D eigenvalue weighted by Gasteiger charge is -2.51. The first kappa shape index (κ1) is 25.6. The molecular formula is C26H48O6Si4. The van der Waals surface area contributed by atoms with Crippen molar-refractivity contribution in [3.05, 3.63) is 0 Å². The summed E-state index contributed by atoms with van der Waals surface area (Å²) in [4.78, 5) is 0. The van der Waals surface area contributed by atoms with Crippen LogP contribution in [0.1, 0.15) is 64.7 Å². The maximum Gasteiger partial charge on any atom is 0.317 e. The molecule has 5 saturated heterocycles. The molecule has 4 saturated carbocycles. The normalized spacial score (nSPS) is 57.8. The van der Waals surface area contributed by atoms with E-state index in [9.17, 15) is 0 Å². The molecule has 36 heavy (non-hydrogen) atoms. The second-order valence-electron chi connectivity index (χ2n) is 14.7. The van der Waals surface area contributed by atoms with Gasteiger partial charge in [-0.1, -0.05) is 13.3 Å². The lowest BCUT2D eigenvalue weighted by molar-refractivity contribution is -0.209. The minimum atomic E-state index is -2.44. The molecule has 204 valence electrons. The minimum absolute atomic E-state index is 0.211. The molecule has 0 amide bonds. The first-order valence-corrected chi connectivity index (χ1v) is 25.4. The van der Waals surface area contributed by atoms with Gasteiger partial charge in [0.25, 0.3) is 0 Å². The van der Waals surface area contributed by atoms with Crippen LogP contribution in [0.15, 0.2) is 0 Å². The van der Waals surface area contributed by atoms with Crippen molar-refractivity contribution in [2.24, 2.45) is 23.7 Å². The van der Waals surface area contributed by atoms with Gasteiger partial charge in [0.15, 0.2) is 0 Å².